The number of fused-ring (bicyclic) bond motifs is 2. The molecule has 0 amide bonds. The van der Waals surface area contributed by atoms with Crippen LogP contribution >= 0.6 is 0 Å². The molecule has 8 heteroatoms. The van der Waals surface area contributed by atoms with Gasteiger partial charge in [-0.25, -0.2) is 0 Å². The summed E-state index contributed by atoms with van der Waals surface area (Å²) >= 11 is 0. The molecule has 1 atom stereocenters. The summed E-state index contributed by atoms with van der Waals surface area (Å²) in [6.07, 6.45) is 0.603. The lowest BCUT2D eigenvalue weighted by atomic mass is 9.86. The highest BCUT2D eigenvalue weighted by molar-refractivity contribution is 7.88. The minimum absolute atomic E-state index is 0.207. The average Bonchev–Trinajstić information content (AvgIpc) is 2.83. The van der Waals surface area contributed by atoms with Gasteiger partial charge in [0.2, 0.25) is 0 Å². The van der Waals surface area contributed by atoms with E-state index in [1.165, 1.54) is 12.1 Å². The molecular formula is C26H18F3NO3S. The molecule has 4 aromatic rings. The molecule has 172 valence electrons. The van der Waals surface area contributed by atoms with E-state index in [1.54, 1.807) is 24.3 Å². The van der Waals surface area contributed by atoms with Crippen LogP contribution in [0, 0.1) is 0 Å². The van der Waals surface area contributed by atoms with Crippen LogP contribution in [0.4, 0.5) is 13.2 Å². The number of hydrogen-bond acceptors (Lipinski definition) is 4. The molecule has 0 fully saturated rings. The maximum absolute atomic E-state index is 13.2. The number of rotatable bonds is 4. The summed E-state index contributed by atoms with van der Waals surface area (Å²) in [4.78, 5) is 4.93. The number of benzene rings is 4. The molecule has 1 aliphatic rings. The van der Waals surface area contributed by atoms with Gasteiger partial charge < -0.3 is 4.18 Å². The quantitative estimate of drug-likeness (QED) is 0.258. The summed E-state index contributed by atoms with van der Waals surface area (Å²) in [5, 5.41) is 1.26. The van der Waals surface area contributed by atoms with E-state index in [0.29, 0.717) is 17.5 Å². The van der Waals surface area contributed by atoms with Gasteiger partial charge in [0.25, 0.3) is 0 Å². The summed E-state index contributed by atoms with van der Waals surface area (Å²) in [5.41, 5.74) is -2.34. The first-order valence-corrected chi connectivity index (χ1v) is 11.9. The summed E-state index contributed by atoms with van der Waals surface area (Å²) in [5.74, 6) is -0.418. The van der Waals surface area contributed by atoms with Gasteiger partial charge in [0.15, 0.2) is 5.75 Å². The maximum atomic E-state index is 13.2. The number of nitrogens with zero attached hydrogens (tertiary/aromatic N) is 1. The van der Waals surface area contributed by atoms with Gasteiger partial charge in [0.1, 0.15) is 0 Å². The number of aliphatic imine (C=N–C) groups is 1. The zero-order valence-electron chi connectivity index (χ0n) is 17.7. The Bertz CT molecular complexity index is 1510. The number of halogens is 3. The van der Waals surface area contributed by atoms with Gasteiger partial charge in [-0.15, -0.1) is 0 Å². The molecule has 0 aliphatic carbocycles. The van der Waals surface area contributed by atoms with Gasteiger partial charge >= 0.3 is 15.6 Å². The third-order valence-corrected chi connectivity index (χ3v) is 6.73. The summed E-state index contributed by atoms with van der Waals surface area (Å²) in [6.45, 7) is 0. The van der Waals surface area contributed by atoms with Crippen molar-refractivity contribution in [2.75, 3.05) is 0 Å². The van der Waals surface area contributed by atoms with Crippen molar-refractivity contribution in [3.05, 3.63) is 113 Å². The molecule has 1 unspecified atom stereocenters. The molecule has 1 heterocycles. The molecule has 1 aliphatic heterocycles. The second-order valence-corrected chi connectivity index (χ2v) is 9.45. The Kier molecular flexibility index (Phi) is 5.40. The molecule has 0 bridgehead atoms. The molecule has 4 aromatic carbocycles. The Hall–Kier alpha value is -3.65. The van der Waals surface area contributed by atoms with E-state index in [4.69, 9.17) is 4.99 Å². The van der Waals surface area contributed by atoms with Crippen LogP contribution in [0.1, 0.15) is 28.3 Å². The average molecular weight is 481 g/mol. The molecule has 0 spiro atoms. The summed E-state index contributed by atoms with van der Waals surface area (Å²) in [7, 11) is -5.88. The van der Waals surface area contributed by atoms with Crippen molar-refractivity contribution >= 4 is 26.6 Å². The van der Waals surface area contributed by atoms with Crippen molar-refractivity contribution in [1.82, 2.24) is 0 Å². The largest absolute Gasteiger partial charge is 0.534 e. The lowest BCUT2D eigenvalue weighted by molar-refractivity contribution is -0.0500. The van der Waals surface area contributed by atoms with Gasteiger partial charge in [0.05, 0.1) is 17.3 Å². The molecular weight excluding hydrogens is 463 g/mol. The van der Waals surface area contributed by atoms with Crippen molar-refractivity contribution in [3.8, 4) is 5.75 Å². The normalized spacial score (nSPS) is 16.1. The van der Waals surface area contributed by atoms with Gasteiger partial charge in [-0.05, 0) is 34.4 Å². The summed E-state index contributed by atoms with van der Waals surface area (Å²) < 4.78 is 68.1. The van der Waals surface area contributed by atoms with Gasteiger partial charge in [-0.2, -0.15) is 21.6 Å². The van der Waals surface area contributed by atoms with Gasteiger partial charge in [-0.3, -0.25) is 4.99 Å². The maximum Gasteiger partial charge on any atom is 0.534 e. The Balaban J connectivity index is 1.78. The standard InChI is InChI=1S/C26H18F3NO3S/c27-26(28,29)34(31,32)33-23-15-14-17-8-4-6-12-20(17)24(23)25-21-13-7-5-11-19(21)16-22(30-25)18-9-2-1-3-10-18/h1-15,22H,16H2. The van der Waals surface area contributed by atoms with Crippen LogP contribution in [0.15, 0.2) is 96.0 Å². The molecule has 0 radical (unpaired) electrons. The van der Waals surface area contributed by atoms with E-state index < -0.39 is 21.4 Å². The first-order valence-electron chi connectivity index (χ1n) is 10.5. The fourth-order valence-electron chi connectivity index (χ4n) is 4.21. The molecule has 0 saturated heterocycles. The van der Waals surface area contributed by atoms with Crippen molar-refractivity contribution in [3.63, 3.8) is 0 Å². The van der Waals surface area contributed by atoms with Crippen LogP contribution in [0.2, 0.25) is 0 Å². The fraction of sp³-hybridized carbons (Fsp3) is 0.115. The zero-order valence-corrected chi connectivity index (χ0v) is 18.5. The first-order chi connectivity index (χ1) is 16.2. The van der Waals surface area contributed by atoms with Crippen LogP contribution in [0.5, 0.6) is 5.75 Å². The Morgan fingerprint density at radius 1 is 0.824 bits per heavy atom. The third kappa shape index (κ3) is 3.94. The van der Waals surface area contributed by atoms with Crippen molar-refractivity contribution < 1.29 is 25.8 Å². The highest BCUT2D eigenvalue weighted by Gasteiger charge is 2.49. The van der Waals surface area contributed by atoms with Crippen LogP contribution in [0.3, 0.4) is 0 Å². The lowest BCUT2D eigenvalue weighted by Gasteiger charge is -2.26. The van der Waals surface area contributed by atoms with Gasteiger partial charge in [0, 0.05) is 5.56 Å². The number of alkyl halides is 3. The fourth-order valence-corrected chi connectivity index (χ4v) is 4.68. The molecule has 4 nitrogen and oxygen atoms in total. The Morgan fingerprint density at radius 2 is 1.50 bits per heavy atom. The molecule has 0 saturated carbocycles. The smallest absolute Gasteiger partial charge is 0.375 e. The van der Waals surface area contributed by atoms with Crippen LogP contribution in [-0.4, -0.2) is 19.6 Å². The SMILES string of the molecule is O=S(=O)(Oc1ccc2ccccc2c1C1=NC(c2ccccc2)Cc2ccccc21)C(F)(F)F. The molecule has 0 aromatic heterocycles. The second kappa shape index (κ2) is 8.29. The van der Waals surface area contributed by atoms with E-state index in [2.05, 4.69) is 4.18 Å². The van der Waals surface area contributed by atoms with E-state index in [0.717, 1.165) is 22.1 Å². The molecule has 5 rings (SSSR count). The highest BCUT2D eigenvalue weighted by Crippen LogP contribution is 2.39. The minimum Gasteiger partial charge on any atom is -0.375 e. The Morgan fingerprint density at radius 3 is 2.26 bits per heavy atom. The predicted octanol–water partition coefficient (Wildman–Crippen LogP) is 6.20. The molecule has 0 N–H and O–H groups in total. The van der Waals surface area contributed by atoms with Gasteiger partial charge in [-0.1, -0.05) is 84.9 Å². The van der Waals surface area contributed by atoms with Crippen molar-refractivity contribution in [2.45, 2.75) is 18.0 Å². The second-order valence-electron chi connectivity index (χ2n) is 7.91. The van der Waals surface area contributed by atoms with Crippen molar-refractivity contribution in [1.29, 1.82) is 0 Å². The van der Waals surface area contributed by atoms with Crippen LogP contribution in [-0.2, 0) is 16.5 Å². The lowest BCUT2D eigenvalue weighted by Crippen LogP contribution is -2.29. The predicted molar refractivity (Wildman–Crippen MR) is 125 cm³/mol. The third-order valence-electron chi connectivity index (χ3n) is 5.77. The van der Waals surface area contributed by atoms with E-state index in [-0.39, 0.29) is 11.6 Å². The first kappa shape index (κ1) is 22.2. The van der Waals surface area contributed by atoms with Crippen molar-refractivity contribution in [2.24, 2.45) is 4.99 Å². The monoisotopic (exact) mass is 481 g/mol. The van der Waals surface area contributed by atoms with Crippen LogP contribution < -0.4 is 4.18 Å². The van der Waals surface area contributed by atoms with Crippen LogP contribution in [0.25, 0.3) is 10.8 Å². The highest BCUT2D eigenvalue weighted by atomic mass is 32.2. The minimum atomic E-state index is -5.88. The van der Waals surface area contributed by atoms with E-state index >= 15 is 0 Å². The topological polar surface area (TPSA) is 55.7 Å². The molecule has 34 heavy (non-hydrogen) atoms. The number of hydrogen-bond donors (Lipinski definition) is 0. The zero-order chi connectivity index (χ0) is 23.9. The van der Waals surface area contributed by atoms with E-state index in [1.807, 2.05) is 54.6 Å². The van der Waals surface area contributed by atoms with E-state index in [9.17, 15) is 21.6 Å². The summed E-state index contributed by atoms with van der Waals surface area (Å²) in [6, 6.07) is 26.6. The Labute approximate surface area is 194 Å².